The largest absolute Gasteiger partial charge is 0.433 e. The fraction of sp³-hybridized carbons (Fsp3) is 0.300. The fourth-order valence-electron chi connectivity index (χ4n) is 3.44. The fourth-order valence-corrected chi connectivity index (χ4v) is 4.59. The molecule has 0 spiro atoms. The van der Waals surface area contributed by atoms with Crippen molar-refractivity contribution in [3.05, 3.63) is 58.6 Å². The van der Waals surface area contributed by atoms with Gasteiger partial charge in [-0.25, -0.2) is 4.98 Å². The molecule has 0 aliphatic carbocycles. The van der Waals surface area contributed by atoms with Crippen LogP contribution in [0.5, 0.6) is 0 Å². The summed E-state index contributed by atoms with van der Waals surface area (Å²) in [6, 6.07) is 12.3. The normalized spacial score (nSPS) is 17.3. The molecule has 1 N–H and O–H groups in total. The van der Waals surface area contributed by atoms with E-state index in [9.17, 15) is 18.0 Å². The molecule has 0 bridgehead atoms. The summed E-state index contributed by atoms with van der Waals surface area (Å²) in [7, 11) is 0. The van der Waals surface area contributed by atoms with Crippen molar-refractivity contribution >= 4 is 33.1 Å². The minimum absolute atomic E-state index is 0.147. The zero-order chi connectivity index (χ0) is 19.9. The highest BCUT2D eigenvalue weighted by Crippen LogP contribution is 2.35. The Hall–Kier alpha value is -2.61. The SMILES string of the molecule is Cc1c(C(=O)N2CCC(Nc3ccccc3)C2)sc2nc(C(F)(F)F)ccc12. The van der Waals surface area contributed by atoms with Gasteiger partial charge in [-0.1, -0.05) is 18.2 Å². The maximum atomic E-state index is 13.0. The van der Waals surface area contributed by atoms with Gasteiger partial charge in [0.15, 0.2) is 0 Å². The smallest absolute Gasteiger partial charge is 0.380 e. The predicted octanol–water partition coefficient (Wildman–Crippen LogP) is 4.95. The predicted molar refractivity (Wildman–Crippen MR) is 104 cm³/mol. The van der Waals surface area contributed by atoms with E-state index in [2.05, 4.69) is 10.3 Å². The molecule has 28 heavy (non-hydrogen) atoms. The van der Waals surface area contributed by atoms with Crippen molar-refractivity contribution in [1.82, 2.24) is 9.88 Å². The molecule has 3 aromatic rings. The number of likely N-dealkylation sites (tertiary alicyclic amines) is 1. The van der Waals surface area contributed by atoms with Gasteiger partial charge in [0.25, 0.3) is 5.91 Å². The molecule has 0 saturated carbocycles. The number of para-hydroxylation sites is 1. The Kier molecular flexibility index (Phi) is 4.74. The number of hydrogen-bond acceptors (Lipinski definition) is 4. The van der Waals surface area contributed by atoms with Gasteiger partial charge in [0.2, 0.25) is 0 Å². The van der Waals surface area contributed by atoms with Crippen molar-refractivity contribution < 1.29 is 18.0 Å². The second kappa shape index (κ2) is 7.09. The molecule has 1 amide bonds. The number of pyridine rings is 1. The van der Waals surface area contributed by atoms with E-state index in [1.165, 1.54) is 6.07 Å². The number of aromatic nitrogens is 1. The molecule has 146 valence electrons. The third kappa shape index (κ3) is 3.56. The number of aryl methyl sites for hydroxylation is 1. The topological polar surface area (TPSA) is 45.2 Å². The molecular formula is C20H18F3N3OS. The summed E-state index contributed by atoms with van der Waals surface area (Å²) in [5.41, 5.74) is 0.753. The van der Waals surface area contributed by atoms with Gasteiger partial charge in [-0.3, -0.25) is 4.79 Å². The molecular weight excluding hydrogens is 387 g/mol. The average Bonchev–Trinajstić information content (AvgIpc) is 3.26. The summed E-state index contributed by atoms with van der Waals surface area (Å²) in [5, 5.41) is 4.01. The lowest BCUT2D eigenvalue weighted by atomic mass is 10.1. The quantitative estimate of drug-likeness (QED) is 0.671. The first-order valence-corrected chi connectivity index (χ1v) is 9.73. The summed E-state index contributed by atoms with van der Waals surface area (Å²) in [6.45, 7) is 2.93. The van der Waals surface area contributed by atoms with Gasteiger partial charge in [0, 0.05) is 30.2 Å². The Morgan fingerprint density at radius 3 is 2.68 bits per heavy atom. The Balaban J connectivity index is 1.53. The van der Waals surface area contributed by atoms with E-state index in [1.54, 1.807) is 11.8 Å². The lowest BCUT2D eigenvalue weighted by Crippen LogP contribution is -2.31. The molecule has 1 aromatic carbocycles. The van der Waals surface area contributed by atoms with Crippen LogP contribution in [0.4, 0.5) is 18.9 Å². The van der Waals surface area contributed by atoms with Crippen molar-refractivity contribution in [1.29, 1.82) is 0 Å². The molecule has 1 fully saturated rings. The monoisotopic (exact) mass is 405 g/mol. The Labute approximate surface area is 164 Å². The number of nitrogens with one attached hydrogen (secondary N) is 1. The van der Waals surface area contributed by atoms with Crippen LogP contribution in [0.25, 0.3) is 10.2 Å². The number of nitrogens with zero attached hydrogens (tertiary/aromatic N) is 2. The first-order chi connectivity index (χ1) is 13.3. The number of benzene rings is 1. The zero-order valence-electron chi connectivity index (χ0n) is 15.1. The van der Waals surface area contributed by atoms with Crippen molar-refractivity contribution in [3.63, 3.8) is 0 Å². The third-order valence-electron chi connectivity index (χ3n) is 4.91. The van der Waals surface area contributed by atoms with Crippen LogP contribution in [0.2, 0.25) is 0 Å². The van der Waals surface area contributed by atoms with Crippen molar-refractivity contribution in [2.45, 2.75) is 25.6 Å². The van der Waals surface area contributed by atoms with E-state index in [0.717, 1.165) is 29.5 Å². The molecule has 1 aliphatic rings. The van der Waals surface area contributed by atoms with E-state index < -0.39 is 11.9 Å². The second-order valence-electron chi connectivity index (χ2n) is 6.85. The third-order valence-corrected chi connectivity index (χ3v) is 6.10. The maximum absolute atomic E-state index is 13.0. The Morgan fingerprint density at radius 1 is 1.21 bits per heavy atom. The number of amides is 1. The van der Waals surface area contributed by atoms with E-state index in [4.69, 9.17) is 0 Å². The van der Waals surface area contributed by atoms with Crippen LogP contribution in [0.15, 0.2) is 42.5 Å². The van der Waals surface area contributed by atoms with Gasteiger partial charge in [0.05, 0.1) is 4.88 Å². The van der Waals surface area contributed by atoms with Crippen molar-refractivity contribution in [2.75, 3.05) is 18.4 Å². The minimum Gasteiger partial charge on any atom is -0.380 e. The van der Waals surface area contributed by atoms with Crippen LogP contribution < -0.4 is 5.32 Å². The minimum atomic E-state index is -4.50. The first-order valence-electron chi connectivity index (χ1n) is 8.91. The standard InChI is InChI=1S/C20H18F3N3OS/c1-12-15-7-8-16(20(21,22)23)25-18(15)28-17(12)19(27)26-10-9-14(11-26)24-13-5-3-2-4-6-13/h2-8,14,24H,9-11H2,1H3. The number of alkyl halides is 3. The lowest BCUT2D eigenvalue weighted by molar-refractivity contribution is -0.140. The van der Waals surface area contributed by atoms with Crippen LogP contribution in [-0.4, -0.2) is 34.9 Å². The highest BCUT2D eigenvalue weighted by atomic mass is 32.1. The van der Waals surface area contributed by atoms with Gasteiger partial charge < -0.3 is 10.2 Å². The molecule has 4 nitrogen and oxygen atoms in total. The second-order valence-corrected chi connectivity index (χ2v) is 7.85. The molecule has 3 heterocycles. The molecule has 8 heteroatoms. The van der Waals surface area contributed by atoms with Crippen molar-refractivity contribution in [2.24, 2.45) is 0 Å². The first kappa shape index (κ1) is 18.7. The van der Waals surface area contributed by atoms with Crippen molar-refractivity contribution in [3.8, 4) is 0 Å². The maximum Gasteiger partial charge on any atom is 0.433 e. The summed E-state index contributed by atoms with van der Waals surface area (Å²) in [5.74, 6) is -0.147. The summed E-state index contributed by atoms with van der Waals surface area (Å²) in [6.07, 6.45) is -3.68. The average molecular weight is 405 g/mol. The van der Waals surface area contributed by atoms with Crippen LogP contribution in [0.3, 0.4) is 0 Å². The summed E-state index contributed by atoms with van der Waals surface area (Å²) >= 11 is 1.03. The van der Waals surface area contributed by atoms with Gasteiger partial charge in [0.1, 0.15) is 10.5 Å². The van der Waals surface area contributed by atoms with Crippen LogP contribution >= 0.6 is 11.3 Å². The van der Waals surface area contributed by atoms with Crippen LogP contribution in [0.1, 0.15) is 27.3 Å². The highest BCUT2D eigenvalue weighted by Gasteiger charge is 2.34. The van der Waals surface area contributed by atoms with E-state index in [1.807, 2.05) is 30.3 Å². The number of anilines is 1. The molecule has 0 radical (unpaired) electrons. The Bertz CT molecular complexity index is 1020. The van der Waals surface area contributed by atoms with E-state index in [-0.39, 0.29) is 16.8 Å². The van der Waals surface area contributed by atoms with Gasteiger partial charge in [-0.15, -0.1) is 11.3 Å². The molecule has 1 atom stereocenters. The molecule has 1 saturated heterocycles. The van der Waals surface area contributed by atoms with E-state index >= 15 is 0 Å². The number of thiophene rings is 1. The molecule has 1 aliphatic heterocycles. The number of halogens is 3. The Morgan fingerprint density at radius 2 is 1.96 bits per heavy atom. The summed E-state index contributed by atoms with van der Waals surface area (Å²) < 4.78 is 38.7. The molecule has 4 rings (SSSR count). The number of rotatable bonds is 3. The van der Waals surface area contributed by atoms with Gasteiger partial charge in [-0.2, -0.15) is 13.2 Å². The van der Waals surface area contributed by atoms with Gasteiger partial charge >= 0.3 is 6.18 Å². The highest BCUT2D eigenvalue weighted by molar-refractivity contribution is 7.20. The van der Waals surface area contributed by atoms with E-state index in [0.29, 0.717) is 28.9 Å². The molecule has 2 aromatic heterocycles. The number of carbonyl (C=O) groups excluding carboxylic acids is 1. The number of carbonyl (C=O) groups is 1. The number of hydrogen-bond donors (Lipinski definition) is 1. The van der Waals surface area contributed by atoms with Crippen LogP contribution in [-0.2, 0) is 6.18 Å². The lowest BCUT2D eigenvalue weighted by Gasteiger charge is -2.17. The zero-order valence-corrected chi connectivity index (χ0v) is 15.9. The van der Waals surface area contributed by atoms with Gasteiger partial charge in [-0.05, 0) is 43.2 Å². The molecule has 1 unspecified atom stereocenters. The summed E-state index contributed by atoms with van der Waals surface area (Å²) in [4.78, 5) is 19.2. The number of fused-ring (bicyclic) bond motifs is 1. The van der Waals surface area contributed by atoms with Crippen LogP contribution in [0, 0.1) is 6.92 Å².